The zero-order valence-electron chi connectivity index (χ0n) is 14.1. The summed E-state index contributed by atoms with van der Waals surface area (Å²) in [5.41, 5.74) is 3.13. The van der Waals surface area contributed by atoms with E-state index in [9.17, 15) is 4.79 Å². The van der Waals surface area contributed by atoms with Gasteiger partial charge in [-0.3, -0.25) is 4.79 Å². The monoisotopic (exact) mass is 352 g/mol. The van der Waals surface area contributed by atoms with Gasteiger partial charge in [0.15, 0.2) is 0 Å². The first-order valence-corrected chi connectivity index (χ1v) is 9.02. The van der Waals surface area contributed by atoms with Crippen molar-refractivity contribution in [2.75, 3.05) is 7.11 Å². The molecule has 0 saturated heterocycles. The number of hydrogen-bond donors (Lipinski definition) is 1. The number of aromatic nitrogens is 1. The van der Waals surface area contributed by atoms with E-state index in [0.717, 1.165) is 27.6 Å². The normalized spacial score (nSPS) is 10.4. The SMILES string of the molecule is COc1ccc(CNC(=O)CCc2nc(-c3ccccc3)cs2)cc1. The smallest absolute Gasteiger partial charge is 0.220 e. The molecule has 4 nitrogen and oxygen atoms in total. The van der Waals surface area contributed by atoms with Crippen LogP contribution in [0.1, 0.15) is 17.0 Å². The maximum atomic E-state index is 12.0. The van der Waals surface area contributed by atoms with Crippen molar-refractivity contribution in [1.29, 1.82) is 0 Å². The molecule has 2 aromatic carbocycles. The van der Waals surface area contributed by atoms with Gasteiger partial charge in [-0.1, -0.05) is 42.5 Å². The van der Waals surface area contributed by atoms with Gasteiger partial charge in [-0.2, -0.15) is 0 Å². The summed E-state index contributed by atoms with van der Waals surface area (Å²) in [7, 11) is 1.64. The number of ether oxygens (including phenoxy) is 1. The predicted octanol–water partition coefficient (Wildman–Crippen LogP) is 4.07. The fourth-order valence-electron chi connectivity index (χ4n) is 2.42. The Morgan fingerprint density at radius 2 is 1.88 bits per heavy atom. The summed E-state index contributed by atoms with van der Waals surface area (Å²) in [5, 5.41) is 5.97. The van der Waals surface area contributed by atoms with Crippen LogP contribution < -0.4 is 10.1 Å². The third-order valence-corrected chi connectivity index (χ3v) is 4.74. The lowest BCUT2D eigenvalue weighted by Crippen LogP contribution is -2.22. The van der Waals surface area contributed by atoms with Crippen molar-refractivity contribution in [3.05, 3.63) is 70.5 Å². The van der Waals surface area contributed by atoms with E-state index in [-0.39, 0.29) is 5.91 Å². The number of nitrogens with one attached hydrogen (secondary N) is 1. The lowest BCUT2D eigenvalue weighted by Gasteiger charge is -2.06. The van der Waals surface area contributed by atoms with Gasteiger partial charge in [-0.15, -0.1) is 11.3 Å². The molecule has 0 bridgehead atoms. The van der Waals surface area contributed by atoms with Crippen LogP contribution in [0, 0.1) is 0 Å². The van der Waals surface area contributed by atoms with Crippen LogP contribution in [-0.2, 0) is 17.8 Å². The van der Waals surface area contributed by atoms with Crippen molar-refractivity contribution in [3.8, 4) is 17.0 Å². The van der Waals surface area contributed by atoms with Gasteiger partial charge in [-0.05, 0) is 17.7 Å². The molecule has 0 aliphatic heterocycles. The lowest BCUT2D eigenvalue weighted by atomic mass is 10.2. The first-order chi connectivity index (χ1) is 12.2. The number of thiazole rings is 1. The van der Waals surface area contributed by atoms with Gasteiger partial charge in [0.25, 0.3) is 0 Å². The molecule has 5 heteroatoms. The van der Waals surface area contributed by atoms with Crippen molar-refractivity contribution in [2.24, 2.45) is 0 Å². The minimum absolute atomic E-state index is 0.0345. The minimum Gasteiger partial charge on any atom is -0.497 e. The molecule has 1 aromatic heterocycles. The Kier molecular flexibility index (Phi) is 5.80. The van der Waals surface area contributed by atoms with E-state index >= 15 is 0 Å². The van der Waals surface area contributed by atoms with Crippen molar-refractivity contribution < 1.29 is 9.53 Å². The second-order valence-corrected chi connectivity index (χ2v) is 6.56. The predicted molar refractivity (Wildman–Crippen MR) is 101 cm³/mol. The summed E-state index contributed by atoms with van der Waals surface area (Å²) in [6.45, 7) is 0.524. The number of rotatable bonds is 7. The van der Waals surface area contributed by atoms with E-state index in [1.165, 1.54) is 0 Å². The van der Waals surface area contributed by atoms with Gasteiger partial charge in [0.1, 0.15) is 5.75 Å². The van der Waals surface area contributed by atoms with E-state index < -0.39 is 0 Å². The summed E-state index contributed by atoms with van der Waals surface area (Å²) < 4.78 is 5.12. The largest absolute Gasteiger partial charge is 0.497 e. The first-order valence-electron chi connectivity index (χ1n) is 8.14. The molecule has 1 N–H and O–H groups in total. The first kappa shape index (κ1) is 17.2. The number of benzene rings is 2. The summed E-state index contributed by atoms with van der Waals surface area (Å²) in [6.07, 6.45) is 1.10. The maximum Gasteiger partial charge on any atom is 0.220 e. The second-order valence-electron chi connectivity index (χ2n) is 5.62. The van der Waals surface area contributed by atoms with Crippen LogP contribution >= 0.6 is 11.3 Å². The topological polar surface area (TPSA) is 51.2 Å². The summed E-state index contributed by atoms with van der Waals surface area (Å²) >= 11 is 1.60. The lowest BCUT2D eigenvalue weighted by molar-refractivity contribution is -0.121. The van der Waals surface area contributed by atoms with Crippen molar-refractivity contribution in [3.63, 3.8) is 0 Å². The summed E-state index contributed by atoms with van der Waals surface area (Å²) in [4.78, 5) is 16.6. The molecule has 25 heavy (non-hydrogen) atoms. The summed E-state index contributed by atoms with van der Waals surface area (Å²) in [6, 6.07) is 17.8. The number of methoxy groups -OCH3 is 1. The number of aryl methyl sites for hydroxylation is 1. The standard InChI is InChI=1S/C20H20N2O2S/c1-24-17-9-7-15(8-10-17)13-21-19(23)11-12-20-22-18(14-25-20)16-5-3-2-4-6-16/h2-10,14H,11-13H2,1H3,(H,21,23). The van der Waals surface area contributed by atoms with Crippen LogP contribution in [-0.4, -0.2) is 18.0 Å². The Morgan fingerprint density at radius 1 is 1.12 bits per heavy atom. The Balaban J connectivity index is 1.46. The molecule has 0 unspecified atom stereocenters. The summed E-state index contributed by atoms with van der Waals surface area (Å²) in [5.74, 6) is 0.848. The number of amides is 1. The third-order valence-electron chi connectivity index (χ3n) is 3.84. The second kappa shape index (κ2) is 8.44. The number of carbonyl (C=O) groups is 1. The van der Waals surface area contributed by atoms with Crippen molar-refractivity contribution in [2.45, 2.75) is 19.4 Å². The number of nitrogens with zero attached hydrogens (tertiary/aromatic N) is 1. The van der Waals surface area contributed by atoms with E-state index in [2.05, 4.69) is 10.3 Å². The molecule has 128 valence electrons. The molecular weight excluding hydrogens is 332 g/mol. The molecule has 0 aliphatic carbocycles. The molecule has 0 fully saturated rings. The molecule has 3 aromatic rings. The van der Waals surface area contributed by atoms with Crippen LogP contribution in [0.25, 0.3) is 11.3 Å². The molecule has 0 spiro atoms. The molecule has 1 amide bonds. The van der Waals surface area contributed by atoms with Crippen LogP contribution in [0.4, 0.5) is 0 Å². The Morgan fingerprint density at radius 3 is 2.60 bits per heavy atom. The quantitative estimate of drug-likeness (QED) is 0.697. The highest BCUT2D eigenvalue weighted by Crippen LogP contribution is 2.22. The molecule has 0 radical (unpaired) electrons. The van der Waals surface area contributed by atoms with Gasteiger partial charge in [0.05, 0.1) is 17.8 Å². The Labute approximate surface area is 151 Å². The molecule has 0 atom stereocenters. The van der Waals surface area contributed by atoms with Crippen molar-refractivity contribution >= 4 is 17.2 Å². The zero-order chi connectivity index (χ0) is 17.5. The van der Waals surface area contributed by atoms with E-state index in [0.29, 0.717) is 19.4 Å². The molecular formula is C20H20N2O2S. The highest BCUT2D eigenvalue weighted by Gasteiger charge is 2.07. The Bertz CT molecular complexity index is 813. The number of carbonyl (C=O) groups excluding carboxylic acids is 1. The van der Waals surface area contributed by atoms with Gasteiger partial charge < -0.3 is 10.1 Å². The van der Waals surface area contributed by atoms with Crippen LogP contribution in [0.2, 0.25) is 0 Å². The van der Waals surface area contributed by atoms with Crippen LogP contribution in [0.3, 0.4) is 0 Å². The van der Waals surface area contributed by atoms with Gasteiger partial charge in [-0.25, -0.2) is 4.98 Å². The fourth-order valence-corrected chi connectivity index (χ4v) is 3.23. The highest BCUT2D eigenvalue weighted by molar-refractivity contribution is 7.09. The van der Waals surface area contributed by atoms with Crippen LogP contribution in [0.5, 0.6) is 5.75 Å². The third kappa shape index (κ3) is 4.90. The highest BCUT2D eigenvalue weighted by atomic mass is 32.1. The van der Waals surface area contributed by atoms with Crippen LogP contribution in [0.15, 0.2) is 60.0 Å². The average molecular weight is 352 g/mol. The zero-order valence-corrected chi connectivity index (χ0v) is 14.9. The van der Waals surface area contributed by atoms with E-state index in [4.69, 9.17) is 4.74 Å². The van der Waals surface area contributed by atoms with E-state index in [1.807, 2.05) is 60.0 Å². The molecule has 3 rings (SSSR count). The maximum absolute atomic E-state index is 12.0. The molecule has 0 aliphatic rings. The minimum atomic E-state index is 0.0345. The van der Waals surface area contributed by atoms with Gasteiger partial charge in [0, 0.05) is 30.3 Å². The fraction of sp³-hybridized carbons (Fsp3) is 0.200. The molecule has 1 heterocycles. The average Bonchev–Trinajstić information content (AvgIpc) is 3.15. The Hall–Kier alpha value is -2.66. The molecule has 0 saturated carbocycles. The van der Waals surface area contributed by atoms with E-state index in [1.54, 1.807) is 18.4 Å². The van der Waals surface area contributed by atoms with Crippen molar-refractivity contribution in [1.82, 2.24) is 10.3 Å². The van der Waals surface area contributed by atoms with Gasteiger partial charge in [0.2, 0.25) is 5.91 Å². The van der Waals surface area contributed by atoms with Gasteiger partial charge >= 0.3 is 0 Å². The number of hydrogen-bond acceptors (Lipinski definition) is 4.